The molecular weight excluding hydrogens is 754 g/mol. The number of nitrogens with one attached hydrogen (secondary N) is 1. The third-order valence-corrected chi connectivity index (χ3v) is 10.8. The van der Waals surface area contributed by atoms with Gasteiger partial charge in [-0.15, -0.1) is 24.8 Å². The number of likely N-dealkylation sites (tertiary alicyclic amines) is 3. The number of benzene rings is 2. The SMILES string of the molecule is CC(C)(C)OC(=O)N1CCC(N2CCC[C@@H]2Cc2ccc(Cl)cc2)CC1.CCOC(C)=O.Cl.Cl.Clc1ccc(C[C@H]2CCCN2C2CCNCC2)cc1. The Morgan fingerprint density at radius 2 is 1.15 bits per heavy atom. The van der Waals surface area contributed by atoms with Crippen molar-refractivity contribution in [3.8, 4) is 0 Å². The summed E-state index contributed by atoms with van der Waals surface area (Å²) >= 11 is 12.0. The smallest absolute Gasteiger partial charge is 0.410 e. The van der Waals surface area contributed by atoms with Gasteiger partial charge in [-0.25, -0.2) is 4.79 Å². The number of nitrogens with zero attached hydrogens (tertiary/aromatic N) is 3. The number of carbonyl (C=O) groups is 2. The van der Waals surface area contributed by atoms with Crippen LogP contribution >= 0.6 is 48.0 Å². The third kappa shape index (κ3) is 16.5. The molecule has 2 aromatic rings. The highest BCUT2D eigenvalue weighted by Crippen LogP contribution is 2.30. The molecule has 8 nitrogen and oxygen atoms in total. The van der Waals surface area contributed by atoms with Gasteiger partial charge in [0.1, 0.15) is 5.60 Å². The Morgan fingerprint density at radius 1 is 0.717 bits per heavy atom. The number of amides is 1. The van der Waals surface area contributed by atoms with E-state index in [4.69, 9.17) is 27.9 Å². The van der Waals surface area contributed by atoms with Crippen LogP contribution in [0.2, 0.25) is 10.0 Å². The number of esters is 1. The Kier molecular flexibility index (Phi) is 21.4. The van der Waals surface area contributed by atoms with Crippen molar-refractivity contribution in [1.29, 1.82) is 0 Å². The van der Waals surface area contributed by atoms with Gasteiger partial charge in [0.15, 0.2) is 0 Å². The zero-order valence-corrected chi connectivity index (χ0v) is 35.6. The third-order valence-electron chi connectivity index (χ3n) is 10.3. The van der Waals surface area contributed by atoms with Crippen LogP contribution in [0, 0.1) is 0 Å². The molecule has 1 amide bonds. The summed E-state index contributed by atoms with van der Waals surface area (Å²) in [5.41, 5.74) is 2.36. The second kappa shape index (κ2) is 24.0. The van der Waals surface area contributed by atoms with Gasteiger partial charge in [0.05, 0.1) is 6.61 Å². The van der Waals surface area contributed by atoms with Gasteiger partial charge in [0.2, 0.25) is 0 Å². The maximum Gasteiger partial charge on any atom is 0.410 e. The first-order valence-corrected chi connectivity index (χ1v) is 20.0. The number of rotatable bonds is 7. The molecule has 6 rings (SSSR count). The number of piperidine rings is 2. The van der Waals surface area contributed by atoms with Crippen LogP contribution < -0.4 is 5.32 Å². The molecule has 4 fully saturated rings. The van der Waals surface area contributed by atoms with Crippen molar-refractivity contribution in [2.45, 2.75) is 129 Å². The predicted molar refractivity (Wildman–Crippen MR) is 223 cm³/mol. The lowest BCUT2D eigenvalue weighted by Crippen LogP contribution is -2.49. The Hall–Kier alpha value is -1.78. The number of ether oxygens (including phenoxy) is 2. The second-order valence-corrected chi connectivity index (χ2v) is 16.2. The minimum absolute atomic E-state index is 0. The molecule has 0 radical (unpaired) electrons. The lowest BCUT2D eigenvalue weighted by Gasteiger charge is -2.39. The van der Waals surface area contributed by atoms with E-state index in [1.54, 1.807) is 6.92 Å². The van der Waals surface area contributed by atoms with Crippen molar-refractivity contribution in [2.24, 2.45) is 0 Å². The van der Waals surface area contributed by atoms with Crippen molar-refractivity contribution >= 4 is 60.1 Å². The Morgan fingerprint density at radius 3 is 1.53 bits per heavy atom. The maximum absolute atomic E-state index is 12.3. The first-order chi connectivity index (χ1) is 24.4. The Balaban J connectivity index is 0.000000317. The van der Waals surface area contributed by atoms with Crippen LogP contribution in [0.4, 0.5) is 4.79 Å². The molecule has 4 heterocycles. The van der Waals surface area contributed by atoms with E-state index in [2.05, 4.69) is 44.1 Å². The van der Waals surface area contributed by atoms with Crippen molar-refractivity contribution in [1.82, 2.24) is 20.0 Å². The summed E-state index contributed by atoms with van der Waals surface area (Å²) in [7, 11) is 0. The van der Waals surface area contributed by atoms with Crippen LogP contribution in [0.5, 0.6) is 0 Å². The van der Waals surface area contributed by atoms with Crippen LogP contribution in [0.25, 0.3) is 0 Å². The average molecular weight is 819 g/mol. The van der Waals surface area contributed by atoms with Gasteiger partial charge in [-0.05, 0) is 153 Å². The topological polar surface area (TPSA) is 74.4 Å². The number of hydrogen-bond donors (Lipinski definition) is 1. The Bertz CT molecular complexity index is 1330. The first-order valence-electron chi connectivity index (χ1n) is 19.2. The van der Waals surface area contributed by atoms with Crippen LogP contribution in [0.15, 0.2) is 48.5 Å². The summed E-state index contributed by atoms with van der Waals surface area (Å²) < 4.78 is 9.91. The lowest BCUT2D eigenvalue weighted by atomic mass is 9.99. The van der Waals surface area contributed by atoms with Crippen molar-refractivity contribution in [2.75, 3.05) is 45.9 Å². The molecule has 0 unspecified atom stereocenters. The molecule has 4 saturated heterocycles. The Labute approximate surface area is 341 Å². The van der Waals surface area contributed by atoms with Crippen LogP contribution in [0.3, 0.4) is 0 Å². The summed E-state index contributed by atoms with van der Waals surface area (Å²) in [6.45, 7) is 15.9. The van der Waals surface area contributed by atoms with Gasteiger partial charge in [-0.2, -0.15) is 0 Å². The van der Waals surface area contributed by atoms with E-state index in [1.165, 1.54) is 89.2 Å². The van der Waals surface area contributed by atoms with E-state index >= 15 is 0 Å². The molecule has 0 bridgehead atoms. The summed E-state index contributed by atoms with van der Waals surface area (Å²) in [6.07, 6.45) is 12.1. The molecule has 0 spiro atoms. The van der Waals surface area contributed by atoms with Gasteiger partial charge in [-0.1, -0.05) is 47.5 Å². The first kappa shape index (κ1) is 47.4. The summed E-state index contributed by atoms with van der Waals surface area (Å²) in [5, 5.41) is 5.10. The summed E-state index contributed by atoms with van der Waals surface area (Å²) in [4.78, 5) is 29.4. The fourth-order valence-corrected chi connectivity index (χ4v) is 8.20. The van der Waals surface area contributed by atoms with E-state index < -0.39 is 5.60 Å². The standard InChI is InChI=1S/C21H31ClN2O2.C16H23ClN2.C4H8O2.2ClH/c1-21(2,3)26-20(25)23-13-10-18(11-14-23)24-12-4-5-19(24)15-16-6-8-17(22)9-7-16;17-14-5-3-13(4-6-14)12-16-2-1-11-19(16)15-7-9-18-10-8-15;1-3-6-4(2)5;;/h6-9,18-19H,4-5,10-15H2,1-3H3;3-6,15-16,18H,1-2,7-12H2;3H2,1-2H3;2*1H/t19-;16-;;;/m11.../s1. The summed E-state index contributed by atoms with van der Waals surface area (Å²) in [5.74, 6) is -0.211. The fraction of sp³-hybridized carbons (Fsp3) is 0.659. The molecule has 4 aliphatic rings. The normalized spacial score (nSPS) is 21.2. The molecule has 0 aliphatic carbocycles. The number of hydrogen-bond acceptors (Lipinski definition) is 7. The van der Waals surface area contributed by atoms with E-state index in [0.29, 0.717) is 18.7 Å². The predicted octanol–water partition coefficient (Wildman–Crippen LogP) is 9.26. The second-order valence-electron chi connectivity index (χ2n) is 15.3. The van der Waals surface area contributed by atoms with Gasteiger partial charge < -0.3 is 19.7 Å². The highest BCUT2D eigenvalue weighted by atomic mass is 35.5. The van der Waals surface area contributed by atoms with E-state index in [0.717, 1.165) is 54.5 Å². The van der Waals surface area contributed by atoms with E-state index in [1.807, 2.05) is 49.9 Å². The van der Waals surface area contributed by atoms with Gasteiger partial charge >= 0.3 is 12.1 Å². The minimum Gasteiger partial charge on any atom is -0.466 e. The number of carbonyl (C=O) groups excluding carboxylic acids is 2. The fourth-order valence-electron chi connectivity index (χ4n) is 7.95. The van der Waals surface area contributed by atoms with Crippen LogP contribution in [-0.4, -0.2) is 102 Å². The van der Waals surface area contributed by atoms with Crippen LogP contribution in [-0.2, 0) is 27.1 Å². The van der Waals surface area contributed by atoms with Gasteiger partial charge in [0.25, 0.3) is 0 Å². The molecule has 4 aliphatic heterocycles. The van der Waals surface area contributed by atoms with E-state index in [-0.39, 0.29) is 36.9 Å². The van der Waals surface area contributed by atoms with Crippen molar-refractivity contribution in [3.63, 3.8) is 0 Å². The molecule has 0 saturated carbocycles. The summed E-state index contributed by atoms with van der Waals surface area (Å²) in [6, 6.07) is 19.4. The largest absolute Gasteiger partial charge is 0.466 e. The van der Waals surface area contributed by atoms with Gasteiger partial charge in [0, 0.05) is 54.2 Å². The molecule has 2 atom stereocenters. The molecule has 1 N–H and O–H groups in total. The molecule has 12 heteroatoms. The molecular formula is C41H64Cl4N4O4. The monoisotopic (exact) mass is 816 g/mol. The minimum atomic E-state index is -0.424. The highest BCUT2D eigenvalue weighted by Gasteiger charge is 2.35. The lowest BCUT2D eigenvalue weighted by molar-refractivity contribution is -0.140. The zero-order valence-electron chi connectivity index (χ0n) is 32.5. The molecule has 53 heavy (non-hydrogen) atoms. The highest BCUT2D eigenvalue weighted by molar-refractivity contribution is 6.30. The van der Waals surface area contributed by atoms with E-state index in [9.17, 15) is 9.59 Å². The quantitative estimate of drug-likeness (QED) is 0.280. The van der Waals surface area contributed by atoms with Crippen molar-refractivity contribution < 1.29 is 19.1 Å². The molecule has 2 aromatic carbocycles. The van der Waals surface area contributed by atoms with Crippen LogP contribution in [0.1, 0.15) is 97.1 Å². The number of halogens is 4. The van der Waals surface area contributed by atoms with Crippen molar-refractivity contribution in [3.05, 3.63) is 69.7 Å². The molecule has 300 valence electrons. The maximum atomic E-state index is 12.3. The van der Waals surface area contributed by atoms with Gasteiger partial charge in [-0.3, -0.25) is 14.6 Å². The molecule has 0 aromatic heterocycles. The zero-order chi connectivity index (χ0) is 36.8. The average Bonchev–Trinajstić information content (AvgIpc) is 3.77.